The van der Waals surface area contributed by atoms with Crippen LogP contribution in [-0.4, -0.2) is 19.7 Å². The van der Waals surface area contributed by atoms with Crippen LogP contribution in [-0.2, 0) is 26.1 Å². The zero-order valence-corrected chi connectivity index (χ0v) is 12.8. The first kappa shape index (κ1) is 14.1. The van der Waals surface area contributed by atoms with Crippen LogP contribution >= 0.6 is 15.9 Å². The van der Waals surface area contributed by atoms with Gasteiger partial charge in [0.25, 0.3) is 0 Å². The first-order valence-corrected chi connectivity index (χ1v) is 7.25. The summed E-state index contributed by atoms with van der Waals surface area (Å²) in [7, 11) is 0. The molecule has 0 aliphatic carbocycles. The predicted molar refractivity (Wildman–Crippen MR) is 77.6 cm³/mol. The third-order valence-corrected chi connectivity index (χ3v) is 3.85. The molecule has 2 aromatic heterocycles. The maximum absolute atomic E-state index is 4.58. The molecule has 0 bridgehead atoms. The van der Waals surface area contributed by atoms with Crippen molar-refractivity contribution in [3.63, 3.8) is 0 Å². The Morgan fingerprint density at radius 3 is 2.79 bits per heavy atom. The van der Waals surface area contributed by atoms with Gasteiger partial charge in [0.05, 0.1) is 21.6 Å². The molecule has 0 saturated heterocycles. The smallest absolute Gasteiger partial charge is 0.115 e. The lowest BCUT2D eigenvalue weighted by molar-refractivity contribution is 0.573. The molecule has 1 N–H and O–H groups in total. The van der Waals surface area contributed by atoms with Crippen LogP contribution in [0.25, 0.3) is 0 Å². The number of aromatic nitrogens is 4. The van der Waals surface area contributed by atoms with Gasteiger partial charge in [0.2, 0.25) is 0 Å². The fourth-order valence-corrected chi connectivity index (χ4v) is 2.62. The molecule has 0 aliphatic heterocycles. The van der Waals surface area contributed by atoms with Crippen molar-refractivity contribution < 1.29 is 0 Å². The average molecular weight is 324 g/mol. The topological polar surface area (TPSA) is 55.6 Å². The highest BCUT2D eigenvalue weighted by Gasteiger charge is 2.13. The number of aryl methyl sites for hydroxylation is 2. The lowest BCUT2D eigenvalue weighted by Gasteiger charge is -2.07. The molecule has 102 valence electrons. The van der Waals surface area contributed by atoms with Crippen molar-refractivity contribution in [3.8, 4) is 0 Å². The number of halogens is 1. The Labute approximate surface area is 121 Å². The lowest BCUT2D eigenvalue weighted by Crippen LogP contribution is -2.17. The molecule has 2 heterocycles. The molecule has 0 unspecified atom stereocenters. The molecule has 0 aliphatic rings. The zero-order valence-electron chi connectivity index (χ0n) is 11.2. The molecule has 0 aromatic carbocycles. The fourth-order valence-electron chi connectivity index (χ4n) is 1.92. The minimum atomic E-state index is 0.727. The van der Waals surface area contributed by atoms with E-state index in [0.29, 0.717) is 0 Å². The monoisotopic (exact) mass is 323 g/mol. The summed E-state index contributed by atoms with van der Waals surface area (Å²) in [6.07, 6.45) is 4.26. The summed E-state index contributed by atoms with van der Waals surface area (Å²) in [4.78, 5) is 8.10. The Bertz CT molecular complexity index is 523. The summed E-state index contributed by atoms with van der Waals surface area (Å²) < 4.78 is 3.16. The van der Waals surface area contributed by atoms with E-state index >= 15 is 0 Å². The second kappa shape index (κ2) is 6.77. The second-order valence-electron chi connectivity index (χ2n) is 4.18. The highest BCUT2D eigenvalue weighted by Crippen LogP contribution is 2.22. The van der Waals surface area contributed by atoms with Crippen LogP contribution in [0.4, 0.5) is 0 Å². The van der Waals surface area contributed by atoms with E-state index in [4.69, 9.17) is 0 Å². The number of nitrogens with zero attached hydrogens (tertiary/aromatic N) is 4. The molecule has 0 spiro atoms. The van der Waals surface area contributed by atoms with Gasteiger partial charge in [0.1, 0.15) is 6.33 Å². The number of rotatable bonds is 6. The third-order valence-electron chi connectivity index (χ3n) is 2.94. The molecule has 0 saturated carbocycles. The van der Waals surface area contributed by atoms with E-state index in [9.17, 15) is 0 Å². The Hall–Kier alpha value is -1.27. The van der Waals surface area contributed by atoms with Crippen LogP contribution in [0.5, 0.6) is 0 Å². The second-order valence-corrected chi connectivity index (χ2v) is 4.97. The molecule has 0 amide bonds. The van der Waals surface area contributed by atoms with Crippen LogP contribution in [0.15, 0.2) is 23.1 Å². The number of nitrogens with one attached hydrogen (secondary N) is 1. The van der Waals surface area contributed by atoms with Crippen LogP contribution in [0.2, 0.25) is 0 Å². The SMILES string of the molecule is CCc1nn(CC)c(CNCc2ccncn2)c1Br. The largest absolute Gasteiger partial charge is 0.305 e. The van der Waals surface area contributed by atoms with E-state index in [0.717, 1.165) is 41.9 Å². The van der Waals surface area contributed by atoms with Crippen LogP contribution in [0, 0.1) is 0 Å². The molecule has 0 fully saturated rings. The van der Waals surface area contributed by atoms with Crippen molar-refractivity contribution in [3.05, 3.63) is 40.1 Å². The van der Waals surface area contributed by atoms with Gasteiger partial charge < -0.3 is 5.32 Å². The Kier molecular flexibility index (Phi) is 5.04. The molecule has 0 atom stereocenters. The molecule has 6 heteroatoms. The quantitative estimate of drug-likeness (QED) is 0.886. The highest BCUT2D eigenvalue weighted by molar-refractivity contribution is 9.10. The first-order valence-electron chi connectivity index (χ1n) is 6.45. The minimum Gasteiger partial charge on any atom is -0.305 e. The van der Waals surface area contributed by atoms with Crippen LogP contribution in [0.1, 0.15) is 30.9 Å². The maximum Gasteiger partial charge on any atom is 0.115 e. The summed E-state index contributed by atoms with van der Waals surface area (Å²) in [5, 5.41) is 7.97. The molecule has 5 nitrogen and oxygen atoms in total. The van der Waals surface area contributed by atoms with Crippen LogP contribution in [0.3, 0.4) is 0 Å². The van der Waals surface area contributed by atoms with Gasteiger partial charge in [-0.2, -0.15) is 5.10 Å². The third kappa shape index (κ3) is 3.39. The van der Waals surface area contributed by atoms with Gasteiger partial charge >= 0.3 is 0 Å². The molecule has 2 rings (SSSR count). The summed E-state index contributed by atoms with van der Waals surface area (Å²) >= 11 is 3.64. The molecular formula is C13H18BrN5. The van der Waals surface area contributed by atoms with Crippen LogP contribution < -0.4 is 5.32 Å². The van der Waals surface area contributed by atoms with Gasteiger partial charge in [0, 0.05) is 25.8 Å². The standard InChI is InChI=1S/C13H18BrN5/c1-3-11-13(14)12(19(4-2)18-11)8-16-7-10-5-6-15-9-17-10/h5-6,9,16H,3-4,7-8H2,1-2H3. The van der Waals surface area contributed by atoms with E-state index in [2.05, 4.69) is 50.2 Å². The van der Waals surface area contributed by atoms with Crippen molar-refractivity contribution >= 4 is 15.9 Å². The highest BCUT2D eigenvalue weighted by atomic mass is 79.9. The molecule has 0 radical (unpaired) electrons. The lowest BCUT2D eigenvalue weighted by atomic mass is 10.3. The van der Waals surface area contributed by atoms with Crippen molar-refractivity contribution in [2.75, 3.05) is 0 Å². The van der Waals surface area contributed by atoms with E-state index in [1.54, 1.807) is 12.5 Å². The Balaban J connectivity index is 2.01. The van der Waals surface area contributed by atoms with Gasteiger partial charge in [-0.1, -0.05) is 6.92 Å². The summed E-state index contributed by atoms with van der Waals surface area (Å²) in [6.45, 7) is 6.60. The van der Waals surface area contributed by atoms with Gasteiger partial charge in [-0.05, 0) is 35.3 Å². The fraction of sp³-hybridized carbons (Fsp3) is 0.462. The summed E-state index contributed by atoms with van der Waals surface area (Å²) in [5.74, 6) is 0. The van der Waals surface area contributed by atoms with Crippen molar-refractivity contribution in [2.24, 2.45) is 0 Å². The molecular weight excluding hydrogens is 306 g/mol. The minimum absolute atomic E-state index is 0.727. The van der Waals surface area contributed by atoms with Gasteiger partial charge in [-0.3, -0.25) is 4.68 Å². The van der Waals surface area contributed by atoms with Gasteiger partial charge in [-0.15, -0.1) is 0 Å². The predicted octanol–water partition coefficient (Wildman–Crippen LogP) is 2.31. The number of hydrogen-bond acceptors (Lipinski definition) is 4. The zero-order chi connectivity index (χ0) is 13.7. The number of hydrogen-bond donors (Lipinski definition) is 1. The maximum atomic E-state index is 4.58. The van der Waals surface area contributed by atoms with Gasteiger partial charge in [-0.25, -0.2) is 9.97 Å². The summed E-state index contributed by atoms with van der Waals surface area (Å²) in [6, 6.07) is 1.91. The van der Waals surface area contributed by atoms with Crippen molar-refractivity contribution in [2.45, 2.75) is 39.9 Å². The van der Waals surface area contributed by atoms with Crippen molar-refractivity contribution in [1.29, 1.82) is 0 Å². The van der Waals surface area contributed by atoms with E-state index in [-0.39, 0.29) is 0 Å². The van der Waals surface area contributed by atoms with E-state index in [1.165, 1.54) is 5.69 Å². The van der Waals surface area contributed by atoms with Gasteiger partial charge in [0.15, 0.2) is 0 Å². The average Bonchev–Trinajstić information content (AvgIpc) is 2.76. The summed E-state index contributed by atoms with van der Waals surface area (Å²) in [5.41, 5.74) is 3.29. The normalized spacial score (nSPS) is 10.9. The Morgan fingerprint density at radius 2 is 2.16 bits per heavy atom. The Morgan fingerprint density at radius 1 is 1.32 bits per heavy atom. The first-order chi connectivity index (χ1) is 9.26. The van der Waals surface area contributed by atoms with E-state index < -0.39 is 0 Å². The molecule has 19 heavy (non-hydrogen) atoms. The van der Waals surface area contributed by atoms with E-state index in [1.807, 2.05) is 10.7 Å². The molecule has 2 aromatic rings. The van der Waals surface area contributed by atoms with Crippen molar-refractivity contribution in [1.82, 2.24) is 25.1 Å².